The van der Waals surface area contributed by atoms with Crippen LogP contribution in [0.2, 0.25) is 5.02 Å². The zero-order valence-corrected chi connectivity index (χ0v) is 30.3. The number of fused-ring (bicyclic) bond motifs is 2. The molecule has 7 rings (SSSR count). The Morgan fingerprint density at radius 2 is 1.83 bits per heavy atom. The molecule has 4 heterocycles. The van der Waals surface area contributed by atoms with E-state index in [-0.39, 0.29) is 81.8 Å². The number of pyridine rings is 2. The molecule has 2 saturated carbocycles. The van der Waals surface area contributed by atoms with Crippen molar-refractivity contribution in [2.75, 3.05) is 49.4 Å². The van der Waals surface area contributed by atoms with Crippen LogP contribution in [0.4, 0.5) is 30.4 Å². The number of piperazine rings is 1. The van der Waals surface area contributed by atoms with Gasteiger partial charge in [-0.3, -0.25) is 19.2 Å². The predicted octanol–water partition coefficient (Wildman–Crippen LogP) is 4.80. The van der Waals surface area contributed by atoms with Crippen molar-refractivity contribution in [2.24, 2.45) is 0 Å². The van der Waals surface area contributed by atoms with E-state index in [1.165, 1.54) is 13.3 Å². The van der Waals surface area contributed by atoms with Crippen molar-refractivity contribution in [3.05, 3.63) is 78.4 Å². The van der Waals surface area contributed by atoms with E-state index in [9.17, 15) is 32.3 Å². The van der Waals surface area contributed by atoms with Crippen LogP contribution in [-0.4, -0.2) is 82.6 Å². The van der Waals surface area contributed by atoms with Crippen LogP contribution in [0.1, 0.15) is 65.7 Å². The molecule has 2 aliphatic carbocycles. The summed E-state index contributed by atoms with van der Waals surface area (Å²) < 4.78 is 46.7. The molecule has 1 saturated heterocycles. The first-order valence-corrected chi connectivity index (χ1v) is 17.7. The van der Waals surface area contributed by atoms with E-state index in [4.69, 9.17) is 16.3 Å². The molecule has 17 heteroatoms. The molecule has 53 heavy (non-hydrogen) atoms. The van der Waals surface area contributed by atoms with Crippen molar-refractivity contribution in [3.63, 3.8) is 0 Å². The van der Waals surface area contributed by atoms with Crippen molar-refractivity contribution >= 4 is 51.8 Å². The number of anilines is 3. The number of aromatic nitrogens is 4. The smallest absolute Gasteiger partial charge is 0.416 e. The third-order valence-corrected chi connectivity index (χ3v) is 10.6. The molecule has 3 fully saturated rings. The van der Waals surface area contributed by atoms with Gasteiger partial charge in [-0.05, 0) is 56.2 Å². The van der Waals surface area contributed by atoms with Crippen LogP contribution < -0.4 is 30.7 Å². The Bertz CT molecular complexity index is 2250. The van der Waals surface area contributed by atoms with E-state index in [1.807, 2.05) is 11.8 Å². The summed E-state index contributed by atoms with van der Waals surface area (Å²) in [6.45, 7) is 1.97. The maximum atomic E-state index is 14.5. The fourth-order valence-electron chi connectivity index (χ4n) is 7.38. The molecule has 3 aliphatic rings. The van der Waals surface area contributed by atoms with E-state index < -0.39 is 23.6 Å². The molecule has 2 atom stereocenters. The Balaban J connectivity index is 1.25. The summed E-state index contributed by atoms with van der Waals surface area (Å²) in [5.41, 5.74) is -0.0891. The highest BCUT2D eigenvalue weighted by Crippen LogP contribution is 2.41. The number of nitrogens with zero attached hydrogens (tertiary/aromatic N) is 6. The zero-order valence-electron chi connectivity index (χ0n) is 29.5. The molecule has 4 aromatic rings. The lowest BCUT2D eigenvalue weighted by Gasteiger charge is -2.54. The van der Waals surface area contributed by atoms with Crippen molar-refractivity contribution in [3.8, 4) is 5.88 Å². The molecule has 3 aromatic heterocycles. The zero-order chi connectivity index (χ0) is 37.9. The maximum absolute atomic E-state index is 14.5. The van der Waals surface area contributed by atoms with E-state index in [2.05, 4.69) is 20.3 Å². The number of H-pyrrole nitrogens is 1. The molecule has 1 aliphatic heterocycles. The molecule has 2 amide bonds. The van der Waals surface area contributed by atoms with Gasteiger partial charge in [-0.2, -0.15) is 13.2 Å². The van der Waals surface area contributed by atoms with E-state index in [0.717, 1.165) is 31.0 Å². The van der Waals surface area contributed by atoms with Gasteiger partial charge in [-0.25, -0.2) is 9.97 Å². The number of carbonyl (C=O) groups excluding carboxylic acids is 2. The summed E-state index contributed by atoms with van der Waals surface area (Å²) in [5.74, 6) is -0.384. The number of hydrogen-bond donors (Lipinski definition) is 2. The monoisotopic (exact) mass is 754 g/mol. The third kappa shape index (κ3) is 6.46. The molecule has 0 radical (unpaired) electrons. The van der Waals surface area contributed by atoms with Crippen LogP contribution in [0.5, 0.6) is 5.88 Å². The summed E-state index contributed by atoms with van der Waals surface area (Å²) in [4.78, 5) is 73.3. The van der Waals surface area contributed by atoms with Gasteiger partial charge in [0.2, 0.25) is 22.6 Å². The average molecular weight is 755 g/mol. The van der Waals surface area contributed by atoms with Gasteiger partial charge < -0.3 is 34.3 Å². The Morgan fingerprint density at radius 3 is 2.43 bits per heavy atom. The summed E-state index contributed by atoms with van der Waals surface area (Å²) >= 11 is 6.14. The van der Waals surface area contributed by atoms with Gasteiger partial charge in [-0.1, -0.05) is 18.5 Å². The summed E-state index contributed by atoms with van der Waals surface area (Å²) in [5, 5.41) is 2.31. The van der Waals surface area contributed by atoms with Gasteiger partial charge in [0.15, 0.2) is 11.2 Å². The number of methoxy groups -OCH3 is 1. The number of rotatable bonds is 9. The number of halogens is 4. The first-order valence-electron chi connectivity index (χ1n) is 17.4. The minimum atomic E-state index is -4.61. The number of alkyl halides is 3. The summed E-state index contributed by atoms with van der Waals surface area (Å²) in [6.07, 6.45) is 1.91. The van der Waals surface area contributed by atoms with Crippen molar-refractivity contribution < 1.29 is 27.5 Å². The van der Waals surface area contributed by atoms with Gasteiger partial charge in [0, 0.05) is 50.7 Å². The van der Waals surface area contributed by atoms with Crippen LogP contribution in [0.3, 0.4) is 0 Å². The molecule has 0 bridgehead atoms. The lowest BCUT2D eigenvalue weighted by Crippen LogP contribution is -2.67. The molecular weight excluding hydrogens is 717 g/mol. The lowest BCUT2D eigenvalue weighted by atomic mass is 9.81. The van der Waals surface area contributed by atoms with Crippen LogP contribution in [0.25, 0.3) is 11.2 Å². The lowest BCUT2D eigenvalue weighted by molar-refractivity contribution is -0.137. The van der Waals surface area contributed by atoms with Crippen LogP contribution in [0.15, 0.2) is 40.2 Å². The van der Waals surface area contributed by atoms with Gasteiger partial charge >= 0.3 is 6.18 Å². The standard InChI is InChI=1S/C36H38ClF3N8O5/c1-5-23-30(46-12-13-47(25-11-10-24(25)46)35(52)28-31(50)20(18-6-7-18)15-42-34(28)53-4)32(51)29-33(41-16-26(44-29)45(2)3)48(23)17-27(49)43-22-9-8-19(14-21(22)37)36(38,39)40/h8-9,14-16,18,24-25H,5-7,10-13,17H2,1-4H3,(H,42,50)(H,43,49)/t24-,25-/m0/s1. The van der Waals surface area contributed by atoms with E-state index >= 15 is 0 Å². The summed E-state index contributed by atoms with van der Waals surface area (Å²) in [6, 6.07) is 2.09. The Morgan fingerprint density at radius 1 is 1.09 bits per heavy atom. The normalized spacial score (nSPS) is 18.4. The number of aromatic amines is 1. The number of ether oxygens (including phenoxy) is 1. The fourth-order valence-corrected chi connectivity index (χ4v) is 7.61. The molecule has 13 nitrogen and oxygen atoms in total. The van der Waals surface area contributed by atoms with Crippen molar-refractivity contribution in [1.29, 1.82) is 0 Å². The topological polar surface area (TPSA) is 146 Å². The highest BCUT2D eigenvalue weighted by molar-refractivity contribution is 6.33. The SMILES string of the molecule is CCc1c(N2CCN(C(=O)c3c(OC)[nH]cc(C4CC4)c3=O)[C@H]3CC[C@@H]32)c(=O)c2nc(N(C)C)cnc2n1CC(=O)Nc1ccc(C(F)(F)F)cc1Cl. The minimum absolute atomic E-state index is 0.00879. The van der Waals surface area contributed by atoms with E-state index in [1.54, 1.807) is 34.7 Å². The first-order chi connectivity index (χ1) is 25.2. The number of carbonyl (C=O) groups is 2. The van der Waals surface area contributed by atoms with Crippen LogP contribution >= 0.6 is 11.6 Å². The van der Waals surface area contributed by atoms with Gasteiger partial charge in [0.25, 0.3) is 5.91 Å². The molecule has 280 valence electrons. The van der Waals surface area contributed by atoms with E-state index in [0.29, 0.717) is 42.0 Å². The highest BCUT2D eigenvalue weighted by Gasteiger charge is 2.47. The Kier molecular flexibility index (Phi) is 9.37. The molecule has 0 spiro atoms. The predicted molar refractivity (Wildman–Crippen MR) is 193 cm³/mol. The highest BCUT2D eigenvalue weighted by atomic mass is 35.5. The molecule has 0 unspecified atom stereocenters. The number of nitrogens with one attached hydrogen (secondary N) is 2. The second-order valence-electron chi connectivity index (χ2n) is 13.8. The number of hydrogen-bond acceptors (Lipinski definition) is 9. The Hall–Kier alpha value is -5.12. The number of amides is 2. The molecular formula is C36H38ClF3N8O5. The summed E-state index contributed by atoms with van der Waals surface area (Å²) in [7, 11) is 4.92. The molecule has 1 aromatic carbocycles. The number of benzene rings is 1. The van der Waals surface area contributed by atoms with Gasteiger partial charge in [0.1, 0.15) is 23.6 Å². The second kappa shape index (κ2) is 13.7. The maximum Gasteiger partial charge on any atom is 0.416 e. The fraction of sp³-hybridized carbons (Fsp3) is 0.444. The van der Waals surface area contributed by atoms with Crippen molar-refractivity contribution in [2.45, 2.75) is 69.8 Å². The van der Waals surface area contributed by atoms with Crippen LogP contribution in [-0.2, 0) is 23.9 Å². The second-order valence-corrected chi connectivity index (χ2v) is 14.2. The van der Waals surface area contributed by atoms with Crippen molar-refractivity contribution in [1.82, 2.24) is 24.4 Å². The minimum Gasteiger partial charge on any atom is -0.482 e. The first kappa shape index (κ1) is 36.2. The van der Waals surface area contributed by atoms with Gasteiger partial charge in [-0.15, -0.1) is 0 Å². The largest absolute Gasteiger partial charge is 0.482 e. The third-order valence-electron chi connectivity index (χ3n) is 10.3. The average Bonchev–Trinajstić information content (AvgIpc) is 3.95. The molecule has 2 N–H and O–H groups in total. The Labute approximate surface area is 306 Å². The van der Waals surface area contributed by atoms with Gasteiger partial charge in [0.05, 0.1) is 35.6 Å². The van der Waals surface area contributed by atoms with Crippen LogP contribution in [0, 0.1) is 0 Å². The quantitative estimate of drug-likeness (QED) is 0.246.